The molecule has 1 aliphatic heterocycles. The van der Waals surface area contributed by atoms with E-state index in [4.69, 9.17) is 10.00 Å². The van der Waals surface area contributed by atoms with E-state index in [1.54, 1.807) is 4.90 Å². The predicted molar refractivity (Wildman–Crippen MR) is 107 cm³/mol. The number of aromatic nitrogens is 2. The molecule has 10 heteroatoms. The topological polar surface area (TPSA) is 79.1 Å². The summed E-state index contributed by atoms with van der Waals surface area (Å²) in [6.07, 6.45) is -5.67. The average Bonchev–Trinajstić information content (AvgIpc) is 3.26. The first-order valence-corrected chi connectivity index (χ1v) is 10.1. The molecule has 2 aromatic carbocycles. The van der Waals surface area contributed by atoms with Crippen LogP contribution in [-0.2, 0) is 17.5 Å². The lowest BCUT2D eigenvalue weighted by Crippen LogP contribution is -2.36. The smallest absolute Gasteiger partial charge is 0.417 e. The number of amides is 1. The molecule has 1 atom stereocenters. The first kappa shape index (κ1) is 21.1. The van der Waals surface area contributed by atoms with Gasteiger partial charge in [0.25, 0.3) is 5.91 Å². The van der Waals surface area contributed by atoms with Crippen molar-refractivity contribution in [1.82, 2.24) is 13.6 Å². The van der Waals surface area contributed by atoms with E-state index < -0.39 is 28.8 Å². The highest BCUT2D eigenvalue weighted by atomic mass is 32.1. The number of nitrogens with zero attached hydrogens (tertiary/aromatic N) is 4. The molecular weight excluding hydrogens is 429 g/mol. The van der Waals surface area contributed by atoms with Crippen LogP contribution in [0.3, 0.4) is 0 Å². The number of hydrogen-bond donors (Lipinski definition) is 0. The molecule has 0 N–H and O–H groups in total. The lowest BCUT2D eigenvalue weighted by molar-refractivity contribution is -0.138. The maximum atomic E-state index is 13.3. The lowest BCUT2D eigenvalue weighted by Gasteiger charge is -2.24. The fourth-order valence-corrected chi connectivity index (χ4v) is 4.33. The fourth-order valence-electron chi connectivity index (χ4n) is 3.76. The highest BCUT2D eigenvalue weighted by Gasteiger charge is 2.48. The van der Waals surface area contributed by atoms with E-state index in [-0.39, 0.29) is 11.7 Å². The predicted octanol–water partition coefficient (Wildman–Crippen LogP) is 4.40. The van der Waals surface area contributed by atoms with Crippen LogP contribution in [0.25, 0.3) is 11.0 Å². The summed E-state index contributed by atoms with van der Waals surface area (Å²) >= 11 is 1.09. The Hall–Kier alpha value is -3.19. The maximum absolute atomic E-state index is 13.3. The number of carbonyl (C=O) groups is 1. The monoisotopic (exact) mass is 446 g/mol. The van der Waals surface area contributed by atoms with E-state index in [9.17, 15) is 18.0 Å². The molecule has 160 valence electrons. The highest BCUT2D eigenvalue weighted by molar-refractivity contribution is 7.00. The molecule has 1 fully saturated rings. The number of likely N-dealkylation sites (tertiary alicyclic amines) is 1. The third kappa shape index (κ3) is 3.93. The van der Waals surface area contributed by atoms with Crippen LogP contribution in [0.4, 0.5) is 13.2 Å². The number of hydrogen-bond acceptors (Lipinski definition) is 6. The fraction of sp³-hybridized carbons (Fsp3) is 0.333. The molecule has 31 heavy (non-hydrogen) atoms. The SMILES string of the molecule is CC1(C)CN(Cc2cccc3nsnc23)C(=O)C1Oc1ccc(C#N)c(C(F)(F)F)c1. The number of rotatable bonds is 4. The molecule has 0 radical (unpaired) electrons. The number of alkyl halides is 3. The average molecular weight is 446 g/mol. The van der Waals surface area contributed by atoms with Gasteiger partial charge in [0.1, 0.15) is 16.8 Å². The van der Waals surface area contributed by atoms with Crippen molar-refractivity contribution in [3.63, 3.8) is 0 Å². The van der Waals surface area contributed by atoms with Gasteiger partial charge in [-0.3, -0.25) is 4.79 Å². The number of ether oxygens (including phenoxy) is 1. The second kappa shape index (κ2) is 7.50. The molecule has 3 aromatic rings. The number of fused-ring (bicyclic) bond motifs is 1. The van der Waals surface area contributed by atoms with Crippen molar-refractivity contribution in [2.45, 2.75) is 32.7 Å². The molecule has 1 aromatic heterocycles. The van der Waals surface area contributed by atoms with Crippen molar-refractivity contribution in [3.05, 3.63) is 53.1 Å². The van der Waals surface area contributed by atoms with Crippen LogP contribution in [0.1, 0.15) is 30.5 Å². The zero-order valence-electron chi connectivity index (χ0n) is 16.6. The molecule has 4 rings (SSSR count). The van der Waals surface area contributed by atoms with Gasteiger partial charge in [0.15, 0.2) is 6.10 Å². The Kier molecular flexibility index (Phi) is 5.09. The van der Waals surface area contributed by atoms with Gasteiger partial charge in [-0.15, -0.1) is 0 Å². The molecule has 1 aliphatic rings. The number of halogens is 3. The van der Waals surface area contributed by atoms with Crippen LogP contribution in [0.5, 0.6) is 5.75 Å². The summed E-state index contributed by atoms with van der Waals surface area (Å²) in [5.74, 6) is -0.423. The van der Waals surface area contributed by atoms with Gasteiger partial charge in [-0.2, -0.15) is 27.2 Å². The minimum atomic E-state index is -4.70. The van der Waals surface area contributed by atoms with Gasteiger partial charge in [0.05, 0.1) is 28.9 Å². The van der Waals surface area contributed by atoms with E-state index in [0.717, 1.165) is 40.5 Å². The molecule has 1 unspecified atom stereocenters. The Morgan fingerprint density at radius 1 is 1.29 bits per heavy atom. The molecule has 0 spiro atoms. The first-order chi connectivity index (χ1) is 14.6. The normalized spacial score (nSPS) is 18.4. The van der Waals surface area contributed by atoms with Crippen molar-refractivity contribution >= 4 is 28.7 Å². The van der Waals surface area contributed by atoms with Crippen molar-refractivity contribution < 1.29 is 22.7 Å². The molecule has 0 aliphatic carbocycles. The quantitative estimate of drug-likeness (QED) is 0.594. The Morgan fingerprint density at radius 3 is 2.77 bits per heavy atom. The summed E-state index contributed by atoms with van der Waals surface area (Å²) in [5, 5.41) is 8.96. The minimum absolute atomic E-state index is 0.106. The van der Waals surface area contributed by atoms with Crippen LogP contribution in [0, 0.1) is 16.7 Å². The van der Waals surface area contributed by atoms with Gasteiger partial charge in [-0.05, 0) is 24.3 Å². The largest absolute Gasteiger partial charge is 0.480 e. The van der Waals surface area contributed by atoms with E-state index in [1.807, 2.05) is 32.0 Å². The van der Waals surface area contributed by atoms with Crippen molar-refractivity contribution in [2.24, 2.45) is 5.41 Å². The molecule has 0 bridgehead atoms. The van der Waals surface area contributed by atoms with Gasteiger partial charge < -0.3 is 9.64 Å². The molecular formula is C21H17F3N4O2S. The molecule has 2 heterocycles. The van der Waals surface area contributed by atoms with Crippen LogP contribution in [0.2, 0.25) is 0 Å². The maximum Gasteiger partial charge on any atom is 0.417 e. The van der Waals surface area contributed by atoms with Crippen molar-refractivity contribution in [1.29, 1.82) is 5.26 Å². The second-order valence-electron chi connectivity index (χ2n) is 8.05. The van der Waals surface area contributed by atoms with Gasteiger partial charge in [0.2, 0.25) is 0 Å². The summed E-state index contributed by atoms with van der Waals surface area (Å²) in [7, 11) is 0. The molecule has 6 nitrogen and oxygen atoms in total. The number of benzene rings is 2. The van der Waals surface area contributed by atoms with Crippen LogP contribution < -0.4 is 4.74 Å². The van der Waals surface area contributed by atoms with E-state index in [1.165, 1.54) is 12.1 Å². The summed E-state index contributed by atoms with van der Waals surface area (Å²) in [4.78, 5) is 14.7. The lowest BCUT2D eigenvalue weighted by atomic mass is 9.89. The van der Waals surface area contributed by atoms with Crippen molar-refractivity contribution in [2.75, 3.05) is 6.54 Å². The zero-order chi connectivity index (χ0) is 22.4. The zero-order valence-corrected chi connectivity index (χ0v) is 17.4. The van der Waals surface area contributed by atoms with E-state index in [0.29, 0.717) is 13.1 Å². The minimum Gasteiger partial charge on any atom is -0.480 e. The summed E-state index contributed by atoms with van der Waals surface area (Å²) in [5.41, 5.74) is 0.0906. The second-order valence-corrected chi connectivity index (χ2v) is 8.58. The number of carbonyl (C=O) groups excluding carboxylic acids is 1. The van der Waals surface area contributed by atoms with Crippen LogP contribution >= 0.6 is 11.7 Å². The van der Waals surface area contributed by atoms with Crippen LogP contribution in [-0.4, -0.2) is 32.2 Å². The van der Waals surface area contributed by atoms with Gasteiger partial charge in [0, 0.05) is 24.1 Å². The molecule has 0 saturated carbocycles. The number of nitriles is 1. The standard InChI is InChI=1S/C21H17F3N4O2S/c1-20(2)11-28(10-13-4-3-5-16-17(13)27-31-26-16)19(29)18(20)30-14-7-6-12(9-25)15(8-14)21(22,23)24/h3-8,18H,10-11H2,1-2H3. The van der Waals surface area contributed by atoms with Gasteiger partial charge in [-0.1, -0.05) is 26.0 Å². The third-order valence-corrected chi connectivity index (χ3v) is 5.79. The molecule has 1 amide bonds. The molecule has 1 saturated heterocycles. The Balaban J connectivity index is 1.59. The summed E-state index contributed by atoms with van der Waals surface area (Å²) in [6.45, 7) is 4.32. The Morgan fingerprint density at radius 2 is 2.06 bits per heavy atom. The summed E-state index contributed by atoms with van der Waals surface area (Å²) < 4.78 is 54.1. The van der Waals surface area contributed by atoms with Crippen LogP contribution in [0.15, 0.2) is 36.4 Å². The van der Waals surface area contributed by atoms with Gasteiger partial charge in [-0.25, -0.2) is 0 Å². The summed E-state index contributed by atoms with van der Waals surface area (Å²) in [6, 6.07) is 10.2. The Bertz CT molecular complexity index is 1200. The highest BCUT2D eigenvalue weighted by Crippen LogP contribution is 2.38. The Labute approximate surface area is 180 Å². The van der Waals surface area contributed by atoms with E-state index >= 15 is 0 Å². The third-order valence-electron chi connectivity index (χ3n) is 5.25. The van der Waals surface area contributed by atoms with E-state index in [2.05, 4.69) is 8.75 Å². The van der Waals surface area contributed by atoms with Gasteiger partial charge >= 0.3 is 6.18 Å². The first-order valence-electron chi connectivity index (χ1n) is 9.37. The van der Waals surface area contributed by atoms with Crippen molar-refractivity contribution in [3.8, 4) is 11.8 Å².